The lowest BCUT2D eigenvalue weighted by Crippen LogP contribution is -2.21. The number of hydrogen-bond acceptors (Lipinski definition) is 2. The van der Waals surface area contributed by atoms with Crippen LogP contribution in [0.4, 0.5) is 0 Å². The highest BCUT2D eigenvalue weighted by Crippen LogP contribution is 2.10. The van der Waals surface area contributed by atoms with E-state index in [1.807, 2.05) is 13.0 Å². The molecule has 0 saturated carbocycles. The molecule has 84 valence electrons. The van der Waals surface area contributed by atoms with Crippen LogP contribution in [0.15, 0.2) is 30.3 Å². The molecule has 2 heteroatoms. The number of ether oxygens (including phenoxy) is 1. The van der Waals surface area contributed by atoms with E-state index in [1.54, 1.807) is 7.11 Å². The van der Waals surface area contributed by atoms with Crippen molar-refractivity contribution >= 4 is 0 Å². The Morgan fingerprint density at radius 2 is 1.87 bits per heavy atom. The first-order chi connectivity index (χ1) is 7.22. The second-order valence-corrected chi connectivity index (χ2v) is 4.10. The molecular weight excluding hydrogens is 186 g/mol. The van der Waals surface area contributed by atoms with Gasteiger partial charge < -0.3 is 10.5 Å². The first-order valence-electron chi connectivity index (χ1n) is 5.54. The van der Waals surface area contributed by atoms with Gasteiger partial charge in [-0.15, -0.1) is 0 Å². The van der Waals surface area contributed by atoms with E-state index < -0.39 is 0 Å². The van der Waals surface area contributed by atoms with Gasteiger partial charge in [0.15, 0.2) is 0 Å². The summed E-state index contributed by atoms with van der Waals surface area (Å²) in [5.74, 6) is 0. The van der Waals surface area contributed by atoms with Crippen LogP contribution in [0.25, 0.3) is 0 Å². The van der Waals surface area contributed by atoms with Crippen LogP contribution in [0.3, 0.4) is 0 Å². The maximum atomic E-state index is 5.73. The van der Waals surface area contributed by atoms with Crippen LogP contribution in [-0.4, -0.2) is 19.3 Å². The molecule has 0 spiro atoms. The molecule has 0 heterocycles. The molecular formula is C13H21NO. The maximum absolute atomic E-state index is 5.73. The number of benzene rings is 1. The Balaban J connectivity index is 2.40. The van der Waals surface area contributed by atoms with Gasteiger partial charge in [-0.3, -0.25) is 0 Å². The quantitative estimate of drug-likeness (QED) is 0.777. The molecule has 0 saturated heterocycles. The summed E-state index contributed by atoms with van der Waals surface area (Å²) in [4.78, 5) is 0. The molecule has 1 aromatic carbocycles. The molecule has 1 rings (SSSR count). The third kappa shape index (κ3) is 4.96. The van der Waals surface area contributed by atoms with E-state index in [0.29, 0.717) is 6.10 Å². The molecule has 0 aliphatic carbocycles. The fraction of sp³-hybridized carbons (Fsp3) is 0.538. The molecule has 0 aromatic heterocycles. The van der Waals surface area contributed by atoms with E-state index in [4.69, 9.17) is 10.5 Å². The van der Waals surface area contributed by atoms with Gasteiger partial charge in [0.1, 0.15) is 0 Å². The van der Waals surface area contributed by atoms with Crippen molar-refractivity contribution in [2.24, 2.45) is 5.73 Å². The minimum Gasteiger partial charge on any atom is -0.381 e. The predicted molar refractivity (Wildman–Crippen MR) is 63.8 cm³/mol. The van der Waals surface area contributed by atoms with Crippen molar-refractivity contribution in [1.82, 2.24) is 0 Å². The molecule has 2 atom stereocenters. The lowest BCUT2D eigenvalue weighted by molar-refractivity contribution is 0.0924. The highest BCUT2D eigenvalue weighted by atomic mass is 16.5. The van der Waals surface area contributed by atoms with Crippen LogP contribution >= 0.6 is 0 Å². The summed E-state index contributed by atoms with van der Waals surface area (Å²) in [7, 11) is 1.77. The Labute approximate surface area is 92.4 Å². The van der Waals surface area contributed by atoms with Gasteiger partial charge in [0.05, 0.1) is 6.10 Å². The Hall–Kier alpha value is -0.860. The van der Waals surface area contributed by atoms with E-state index in [9.17, 15) is 0 Å². The molecule has 0 aliphatic heterocycles. The molecule has 2 nitrogen and oxygen atoms in total. The third-order valence-corrected chi connectivity index (χ3v) is 2.58. The lowest BCUT2D eigenvalue weighted by atomic mass is 10.0. The molecule has 15 heavy (non-hydrogen) atoms. The van der Waals surface area contributed by atoms with Crippen molar-refractivity contribution in [3.8, 4) is 0 Å². The van der Waals surface area contributed by atoms with Gasteiger partial charge in [0, 0.05) is 13.2 Å². The molecule has 0 aliphatic rings. The number of hydrogen-bond donors (Lipinski definition) is 1. The average Bonchev–Trinajstić information content (AvgIpc) is 2.25. The second kappa shape index (κ2) is 6.59. The van der Waals surface area contributed by atoms with Gasteiger partial charge in [0.25, 0.3) is 0 Å². The van der Waals surface area contributed by atoms with E-state index in [1.165, 1.54) is 5.56 Å². The standard InChI is InChI=1S/C13H21NO/c1-11(14)8-9-13(15-2)10-12-6-4-3-5-7-12/h3-7,11,13H,8-10,14H2,1-2H3. The molecule has 0 bridgehead atoms. The highest BCUT2D eigenvalue weighted by Gasteiger charge is 2.09. The molecule has 1 aromatic rings. The normalized spacial score (nSPS) is 14.9. The van der Waals surface area contributed by atoms with Gasteiger partial charge in [-0.25, -0.2) is 0 Å². The zero-order valence-electron chi connectivity index (χ0n) is 9.65. The largest absolute Gasteiger partial charge is 0.381 e. The number of methoxy groups -OCH3 is 1. The SMILES string of the molecule is COC(CCC(C)N)Cc1ccccc1. The minimum absolute atomic E-state index is 0.262. The molecule has 0 fully saturated rings. The van der Waals surface area contributed by atoms with Crippen LogP contribution in [0.5, 0.6) is 0 Å². The van der Waals surface area contributed by atoms with Crippen molar-refractivity contribution in [2.75, 3.05) is 7.11 Å². The van der Waals surface area contributed by atoms with Crippen molar-refractivity contribution in [3.63, 3.8) is 0 Å². The predicted octanol–water partition coefficient (Wildman–Crippen LogP) is 2.37. The van der Waals surface area contributed by atoms with Crippen molar-refractivity contribution in [2.45, 2.75) is 38.3 Å². The van der Waals surface area contributed by atoms with Crippen LogP contribution in [0.2, 0.25) is 0 Å². The summed E-state index contributed by atoms with van der Waals surface area (Å²) in [6, 6.07) is 10.7. The van der Waals surface area contributed by atoms with Crippen LogP contribution in [0, 0.1) is 0 Å². The summed E-state index contributed by atoms with van der Waals surface area (Å²) in [6.45, 7) is 2.04. The van der Waals surface area contributed by atoms with Gasteiger partial charge in [-0.2, -0.15) is 0 Å². The Kier molecular flexibility index (Phi) is 5.37. The summed E-state index contributed by atoms with van der Waals surface area (Å²) in [5, 5.41) is 0. The summed E-state index contributed by atoms with van der Waals surface area (Å²) in [5.41, 5.74) is 7.06. The second-order valence-electron chi connectivity index (χ2n) is 4.10. The summed E-state index contributed by atoms with van der Waals surface area (Å²) >= 11 is 0. The average molecular weight is 207 g/mol. The highest BCUT2D eigenvalue weighted by molar-refractivity contribution is 5.15. The van der Waals surface area contributed by atoms with Crippen LogP contribution < -0.4 is 5.73 Å². The van der Waals surface area contributed by atoms with Crippen molar-refractivity contribution in [1.29, 1.82) is 0 Å². The maximum Gasteiger partial charge on any atom is 0.0612 e. The van der Waals surface area contributed by atoms with Crippen molar-refractivity contribution < 1.29 is 4.74 Å². The topological polar surface area (TPSA) is 35.2 Å². The zero-order chi connectivity index (χ0) is 11.1. The van der Waals surface area contributed by atoms with Gasteiger partial charge in [0.2, 0.25) is 0 Å². The molecule has 2 N–H and O–H groups in total. The van der Waals surface area contributed by atoms with E-state index >= 15 is 0 Å². The fourth-order valence-corrected chi connectivity index (χ4v) is 1.63. The van der Waals surface area contributed by atoms with E-state index in [0.717, 1.165) is 19.3 Å². The minimum atomic E-state index is 0.262. The molecule has 2 unspecified atom stereocenters. The van der Waals surface area contributed by atoms with Crippen LogP contribution in [0.1, 0.15) is 25.3 Å². The van der Waals surface area contributed by atoms with Gasteiger partial charge >= 0.3 is 0 Å². The van der Waals surface area contributed by atoms with Crippen molar-refractivity contribution in [3.05, 3.63) is 35.9 Å². The summed E-state index contributed by atoms with van der Waals surface area (Å²) in [6.07, 6.45) is 3.32. The Morgan fingerprint density at radius 3 is 2.40 bits per heavy atom. The van der Waals surface area contributed by atoms with Gasteiger partial charge in [-0.1, -0.05) is 30.3 Å². The third-order valence-electron chi connectivity index (χ3n) is 2.58. The first-order valence-corrected chi connectivity index (χ1v) is 5.54. The Morgan fingerprint density at radius 1 is 1.20 bits per heavy atom. The van der Waals surface area contributed by atoms with E-state index in [2.05, 4.69) is 24.3 Å². The summed E-state index contributed by atoms with van der Waals surface area (Å²) < 4.78 is 5.45. The zero-order valence-corrected chi connectivity index (χ0v) is 9.65. The first kappa shape index (κ1) is 12.2. The fourth-order valence-electron chi connectivity index (χ4n) is 1.63. The monoisotopic (exact) mass is 207 g/mol. The van der Waals surface area contributed by atoms with Gasteiger partial charge in [-0.05, 0) is 31.7 Å². The lowest BCUT2D eigenvalue weighted by Gasteiger charge is -2.16. The smallest absolute Gasteiger partial charge is 0.0612 e. The number of rotatable bonds is 6. The van der Waals surface area contributed by atoms with E-state index in [-0.39, 0.29) is 6.04 Å². The Bertz CT molecular complexity index is 258. The molecule has 0 amide bonds. The molecule has 0 radical (unpaired) electrons. The van der Waals surface area contributed by atoms with Crippen LogP contribution in [-0.2, 0) is 11.2 Å². The number of nitrogens with two attached hydrogens (primary N) is 1.